The molecule has 18 heavy (non-hydrogen) atoms. The molecule has 0 spiro atoms. The average Bonchev–Trinajstić information content (AvgIpc) is 2.38. The fourth-order valence-corrected chi connectivity index (χ4v) is 1.13. The lowest BCUT2D eigenvalue weighted by Crippen LogP contribution is -2.35. The summed E-state index contributed by atoms with van der Waals surface area (Å²) in [7, 11) is 1.59. The molecule has 7 nitrogen and oxygen atoms in total. The molecule has 0 aliphatic carbocycles. The van der Waals surface area contributed by atoms with Crippen molar-refractivity contribution in [3.63, 3.8) is 0 Å². The number of methoxy groups -OCH3 is 1. The number of rotatable bonds is 6. The first-order chi connectivity index (χ1) is 8.72. The van der Waals surface area contributed by atoms with E-state index >= 15 is 0 Å². The smallest absolute Gasteiger partial charge is 0.246 e. The number of hydrogen-bond donors (Lipinski definition) is 3. The molecule has 7 heteroatoms. The normalized spacial score (nSPS) is 11.1. The minimum absolute atomic E-state index is 0.0410. The molecule has 1 amide bonds. The Balaban J connectivity index is 2.30. The highest BCUT2D eigenvalue weighted by atomic mass is 16.5. The van der Waals surface area contributed by atoms with Crippen LogP contribution in [-0.2, 0) is 9.53 Å². The zero-order valence-electron chi connectivity index (χ0n) is 10.2. The highest BCUT2D eigenvalue weighted by Crippen LogP contribution is 2.01. The Morgan fingerprint density at radius 2 is 2.44 bits per heavy atom. The summed E-state index contributed by atoms with van der Waals surface area (Å²) in [6, 6.07) is 3.48. The van der Waals surface area contributed by atoms with Gasteiger partial charge in [-0.25, -0.2) is 4.99 Å². The topological polar surface area (TPSA) is 102 Å². The van der Waals surface area contributed by atoms with E-state index in [1.807, 2.05) is 0 Å². The van der Waals surface area contributed by atoms with Crippen LogP contribution >= 0.6 is 0 Å². The molecule has 0 aliphatic rings. The number of anilines is 1. The van der Waals surface area contributed by atoms with Gasteiger partial charge in [0.1, 0.15) is 6.54 Å². The fraction of sp³-hybridized carbons (Fsp3) is 0.364. The number of nitrogens with zero attached hydrogens (tertiary/aromatic N) is 2. The molecule has 4 N–H and O–H groups in total. The Morgan fingerprint density at radius 1 is 1.61 bits per heavy atom. The Bertz CT molecular complexity index is 394. The number of nitrogens with one attached hydrogen (secondary N) is 2. The molecule has 0 atom stereocenters. The van der Waals surface area contributed by atoms with Crippen LogP contribution in [0.2, 0.25) is 0 Å². The first-order valence-electron chi connectivity index (χ1n) is 5.45. The van der Waals surface area contributed by atoms with E-state index in [-0.39, 0.29) is 18.4 Å². The number of aliphatic imine (C=N–C) groups is 1. The number of carbonyl (C=O) groups is 1. The van der Waals surface area contributed by atoms with Crippen LogP contribution in [0, 0.1) is 0 Å². The van der Waals surface area contributed by atoms with Crippen LogP contribution < -0.4 is 16.4 Å². The van der Waals surface area contributed by atoms with E-state index in [1.54, 1.807) is 31.6 Å². The van der Waals surface area contributed by atoms with E-state index in [0.29, 0.717) is 18.8 Å². The van der Waals surface area contributed by atoms with Gasteiger partial charge in [-0.3, -0.25) is 9.78 Å². The highest BCUT2D eigenvalue weighted by molar-refractivity contribution is 5.93. The van der Waals surface area contributed by atoms with Crippen LogP contribution in [0.4, 0.5) is 5.69 Å². The Kier molecular flexibility index (Phi) is 6.20. The predicted molar refractivity (Wildman–Crippen MR) is 69.2 cm³/mol. The van der Waals surface area contributed by atoms with Crippen molar-refractivity contribution >= 4 is 17.6 Å². The maximum atomic E-state index is 11.5. The molecular formula is C11H17N5O2. The number of nitrogens with two attached hydrogens (primary N) is 1. The van der Waals surface area contributed by atoms with Crippen molar-refractivity contribution in [1.82, 2.24) is 10.3 Å². The van der Waals surface area contributed by atoms with Gasteiger partial charge in [0.15, 0.2) is 5.96 Å². The molecule has 0 unspecified atom stereocenters. The number of carbonyl (C=O) groups excluding carboxylic acids is 1. The van der Waals surface area contributed by atoms with Gasteiger partial charge in [0.25, 0.3) is 0 Å². The maximum Gasteiger partial charge on any atom is 0.246 e. The molecule has 1 aromatic rings. The molecule has 0 radical (unpaired) electrons. The van der Waals surface area contributed by atoms with E-state index in [0.717, 1.165) is 0 Å². The van der Waals surface area contributed by atoms with E-state index < -0.39 is 0 Å². The lowest BCUT2D eigenvalue weighted by Gasteiger charge is -2.05. The lowest BCUT2D eigenvalue weighted by molar-refractivity contribution is -0.114. The Hall–Kier alpha value is -2.15. The van der Waals surface area contributed by atoms with Gasteiger partial charge in [0.2, 0.25) is 5.91 Å². The number of pyridine rings is 1. The SMILES string of the molecule is COCCNC(N)=NCC(=O)Nc1cccnc1. The first-order valence-corrected chi connectivity index (χ1v) is 5.45. The molecular weight excluding hydrogens is 234 g/mol. The van der Waals surface area contributed by atoms with Gasteiger partial charge in [-0.2, -0.15) is 0 Å². The molecule has 0 saturated heterocycles. The second kappa shape index (κ2) is 8.02. The quantitative estimate of drug-likeness (QED) is 0.362. The average molecular weight is 251 g/mol. The van der Waals surface area contributed by atoms with E-state index in [1.165, 1.54) is 0 Å². The Morgan fingerprint density at radius 3 is 3.11 bits per heavy atom. The van der Waals surface area contributed by atoms with Crippen LogP contribution in [0.5, 0.6) is 0 Å². The van der Waals surface area contributed by atoms with Gasteiger partial charge >= 0.3 is 0 Å². The van der Waals surface area contributed by atoms with Gasteiger partial charge in [-0.05, 0) is 12.1 Å². The number of hydrogen-bond acceptors (Lipinski definition) is 4. The summed E-state index contributed by atoms with van der Waals surface area (Å²) in [5.74, 6) is -0.0344. The second-order valence-corrected chi connectivity index (χ2v) is 3.41. The van der Waals surface area contributed by atoms with Crippen molar-refractivity contribution in [3.05, 3.63) is 24.5 Å². The largest absolute Gasteiger partial charge is 0.383 e. The van der Waals surface area contributed by atoms with Crippen molar-refractivity contribution < 1.29 is 9.53 Å². The number of aromatic nitrogens is 1. The zero-order valence-corrected chi connectivity index (χ0v) is 10.2. The third-order valence-electron chi connectivity index (χ3n) is 1.95. The number of amides is 1. The molecule has 1 aromatic heterocycles. The summed E-state index contributed by atoms with van der Waals surface area (Å²) in [6.07, 6.45) is 3.19. The predicted octanol–water partition coefficient (Wildman–Crippen LogP) is -0.429. The number of guanidine groups is 1. The van der Waals surface area contributed by atoms with Gasteiger partial charge < -0.3 is 21.1 Å². The number of ether oxygens (including phenoxy) is 1. The van der Waals surface area contributed by atoms with Crippen LogP contribution in [0.3, 0.4) is 0 Å². The van der Waals surface area contributed by atoms with Crippen LogP contribution in [0.1, 0.15) is 0 Å². The fourth-order valence-electron chi connectivity index (χ4n) is 1.13. The molecule has 0 saturated carbocycles. The summed E-state index contributed by atoms with van der Waals surface area (Å²) in [5, 5.41) is 5.46. The standard InChI is InChI=1S/C11H17N5O2/c1-18-6-5-14-11(12)15-8-10(17)16-9-3-2-4-13-7-9/h2-4,7H,5-6,8H2,1H3,(H,16,17)(H3,12,14,15). The molecule has 1 rings (SSSR count). The van der Waals surface area contributed by atoms with Crippen molar-refractivity contribution in [1.29, 1.82) is 0 Å². The summed E-state index contributed by atoms with van der Waals surface area (Å²) >= 11 is 0. The van der Waals surface area contributed by atoms with E-state index in [9.17, 15) is 4.79 Å². The summed E-state index contributed by atoms with van der Waals surface area (Å²) in [6.45, 7) is 1.04. The van der Waals surface area contributed by atoms with Crippen molar-refractivity contribution in [2.45, 2.75) is 0 Å². The second-order valence-electron chi connectivity index (χ2n) is 3.41. The van der Waals surface area contributed by atoms with Crippen LogP contribution in [0.25, 0.3) is 0 Å². The van der Waals surface area contributed by atoms with Crippen molar-refractivity contribution in [2.24, 2.45) is 10.7 Å². The van der Waals surface area contributed by atoms with Gasteiger partial charge in [0, 0.05) is 19.9 Å². The molecule has 0 aliphatic heterocycles. The Labute approximate surface area is 105 Å². The van der Waals surface area contributed by atoms with Gasteiger partial charge in [0.05, 0.1) is 18.5 Å². The maximum absolute atomic E-state index is 11.5. The van der Waals surface area contributed by atoms with E-state index in [4.69, 9.17) is 10.5 Å². The molecule has 1 heterocycles. The van der Waals surface area contributed by atoms with Crippen molar-refractivity contribution in [3.8, 4) is 0 Å². The summed E-state index contributed by atoms with van der Waals surface area (Å²) < 4.78 is 4.84. The summed E-state index contributed by atoms with van der Waals surface area (Å²) in [4.78, 5) is 19.3. The molecule has 0 fully saturated rings. The molecule has 0 aromatic carbocycles. The minimum Gasteiger partial charge on any atom is -0.383 e. The molecule has 98 valence electrons. The third kappa shape index (κ3) is 5.80. The van der Waals surface area contributed by atoms with Gasteiger partial charge in [-0.1, -0.05) is 0 Å². The third-order valence-corrected chi connectivity index (χ3v) is 1.95. The highest BCUT2D eigenvalue weighted by Gasteiger charge is 2.01. The zero-order chi connectivity index (χ0) is 13.2. The minimum atomic E-state index is -0.250. The summed E-state index contributed by atoms with van der Waals surface area (Å²) in [5.41, 5.74) is 6.18. The first kappa shape index (κ1) is 13.9. The van der Waals surface area contributed by atoms with Gasteiger partial charge in [-0.15, -0.1) is 0 Å². The monoisotopic (exact) mass is 251 g/mol. The van der Waals surface area contributed by atoms with Crippen LogP contribution in [0.15, 0.2) is 29.5 Å². The lowest BCUT2D eigenvalue weighted by atomic mass is 10.4. The van der Waals surface area contributed by atoms with Crippen molar-refractivity contribution in [2.75, 3.05) is 32.1 Å². The molecule has 0 bridgehead atoms. The van der Waals surface area contributed by atoms with Crippen LogP contribution in [-0.4, -0.2) is 43.7 Å². The van der Waals surface area contributed by atoms with E-state index in [2.05, 4.69) is 20.6 Å².